The van der Waals surface area contributed by atoms with Gasteiger partial charge in [-0.1, -0.05) is 6.92 Å². The molecule has 2 N–H and O–H groups in total. The number of hydrogen-bond donors (Lipinski definition) is 1. The van der Waals surface area contributed by atoms with Gasteiger partial charge in [0.1, 0.15) is 0 Å². The molecule has 0 aliphatic carbocycles. The summed E-state index contributed by atoms with van der Waals surface area (Å²) in [6, 6.07) is 5.67. The van der Waals surface area contributed by atoms with Crippen LogP contribution < -0.4 is 10.6 Å². The second-order valence-electron chi connectivity index (χ2n) is 3.61. The fraction of sp³-hybridized carbons (Fsp3) is 0.364. The minimum atomic E-state index is 0. The van der Waals surface area contributed by atoms with Crippen molar-refractivity contribution in [2.45, 2.75) is 19.8 Å². The minimum absolute atomic E-state index is 0. The van der Waals surface area contributed by atoms with Gasteiger partial charge >= 0.3 is 17.1 Å². The SMILES string of the molecule is CCCN1C(=O)Cc2cc(N)ccc21.[Fe+2]. The van der Waals surface area contributed by atoms with Crippen LogP contribution in [0.1, 0.15) is 18.9 Å². The molecule has 0 fully saturated rings. The van der Waals surface area contributed by atoms with Crippen LogP contribution in [-0.2, 0) is 28.3 Å². The molecular formula is C11H14FeN2O+2. The Hall–Kier alpha value is -0.991. The molecule has 4 heteroatoms. The molecule has 80 valence electrons. The fourth-order valence-electron chi connectivity index (χ4n) is 1.87. The van der Waals surface area contributed by atoms with Crippen LogP contribution in [0.2, 0.25) is 0 Å². The van der Waals surface area contributed by atoms with E-state index < -0.39 is 0 Å². The van der Waals surface area contributed by atoms with E-state index in [4.69, 9.17) is 5.73 Å². The molecule has 1 aliphatic heterocycles. The number of nitrogen functional groups attached to an aromatic ring is 1. The molecule has 2 rings (SSSR count). The summed E-state index contributed by atoms with van der Waals surface area (Å²) in [6.45, 7) is 2.87. The van der Waals surface area contributed by atoms with Crippen LogP contribution in [0, 0.1) is 0 Å². The maximum atomic E-state index is 11.6. The zero-order chi connectivity index (χ0) is 10.1. The van der Waals surface area contributed by atoms with E-state index in [1.165, 1.54) is 0 Å². The molecule has 1 amide bonds. The fourth-order valence-corrected chi connectivity index (χ4v) is 1.87. The van der Waals surface area contributed by atoms with E-state index in [0.29, 0.717) is 6.42 Å². The summed E-state index contributed by atoms with van der Waals surface area (Å²) in [7, 11) is 0. The number of carbonyl (C=O) groups excluding carboxylic acids is 1. The third kappa shape index (κ3) is 2.16. The maximum absolute atomic E-state index is 11.6. The van der Waals surface area contributed by atoms with Gasteiger partial charge in [-0.25, -0.2) is 0 Å². The Balaban J connectivity index is 0.00000112. The van der Waals surface area contributed by atoms with Gasteiger partial charge in [0.25, 0.3) is 0 Å². The molecule has 0 saturated heterocycles. The van der Waals surface area contributed by atoms with Crippen LogP contribution in [0.4, 0.5) is 11.4 Å². The number of hydrogen-bond acceptors (Lipinski definition) is 2. The largest absolute Gasteiger partial charge is 2.00 e. The first-order valence-electron chi connectivity index (χ1n) is 4.91. The van der Waals surface area contributed by atoms with Crippen molar-refractivity contribution in [2.24, 2.45) is 0 Å². The van der Waals surface area contributed by atoms with Gasteiger partial charge in [0, 0.05) is 17.9 Å². The average Bonchev–Trinajstić information content (AvgIpc) is 2.43. The van der Waals surface area contributed by atoms with Crippen LogP contribution in [0.15, 0.2) is 18.2 Å². The molecule has 1 aromatic carbocycles. The van der Waals surface area contributed by atoms with E-state index in [0.717, 1.165) is 29.9 Å². The molecule has 15 heavy (non-hydrogen) atoms. The molecule has 1 heterocycles. The molecule has 0 radical (unpaired) electrons. The normalized spacial score (nSPS) is 13.7. The van der Waals surface area contributed by atoms with Gasteiger partial charge in [0.05, 0.1) is 6.42 Å². The Morgan fingerprint density at radius 3 is 2.87 bits per heavy atom. The van der Waals surface area contributed by atoms with Gasteiger partial charge in [-0.2, -0.15) is 0 Å². The van der Waals surface area contributed by atoms with Gasteiger partial charge in [-0.15, -0.1) is 0 Å². The predicted octanol–water partition coefficient (Wildman–Crippen LogP) is 1.57. The molecule has 0 aromatic heterocycles. The first-order valence-corrected chi connectivity index (χ1v) is 4.91. The smallest absolute Gasteiger partial charge is 0.399 e. The summed E-state index contributed by atoms with van der Waals surface area (Å²) in [6.07, 6.45) is 1.48. The number of nitrogens with zero attached hydrogens (tertiary/aromatic N) is 1. The summed E-state index contributed by atoms with van der Waals surface area (Å²) in [5.41, 5.74) is 8.49. The Morgan fingerprint density at radius 1 is 1.47 bits per heavy atom. The summed E-state index contributed by atoms with van der Waals surface area (Å²) in [5.74, 6) is 0.187. The zero-order valence-electron chi connectivity index (χ0n) is 8.64. The standard InChI is InChI=1S/C11H14N2O.Fe/c1-2-5-13-10-4-3-9(12)6-8(10)7-11(13)14;/h3-4,6H,2,5,7,12H2,1H3;/q;+2. The van der Waals surface area contributed by atoms with Crippen molar-refractivity contribution in [3.63, 3.8) is 0 Å². The van der Waals surface area contributed by atoms with Crippen molar-refractivity contribution in [2.75, 3.05) is 17.2 Å². The molecule has 0 atom stereocenters. The van der Waals surface area contributed by atoms with Gasteiger partial charge in [-0.05, 0) is 30.2 Å². The number of benzene rings is 1. The number of carbonyl (C=O) groups is 1. The second-order valence-corrected chi connectivity index (χ2v) is 3.61. The summed E-state index contributed by atoms with van der Waals surface area (Å²) in [5, 5.41) is 0. The van der Waals surface area contributed by atoms with Gasteiger partial charge in [-0.3, -0.25) is 4.79 Å². The van der Waals surface area contributed by atoms with E-state index in [1.54, 1.807) is 0 Å². The molecule has 3 nitrogen and oxygen atoms in total. The molecule has 1 aromatic rings. The Kier molecular flexibility index (Phi) is 3.77. The topological polar surface area (TPSA) is 46.3 Å². The van der Waals surface area contributed by atoms with Crippen LogP contribution in [0.5, 0.6) is 0 Å². The Labute approximate surface area is 100 Å². The van der Waals surface area contributed by atoms with E-state index in [1.807, 2.05) is 23.1 Å². The van der Waals surface area contributed by atoms with Gasteiger partial charge in [0.2, 0.25) is 5.91 Å². The van der Waals surface area contributed by atoms with E-state index in [9.17, 15) is 4.79 Å². The Morgan fingerprint density at radius 2 is 2.20 bits per heavy atom. The van der Waals surface area contributed by atoms with Crippen molar-refractivity contribution < 1.29 is 21.9 Å². The average molecular weight is 246 g/mol. The number of fused-ring (bicyclic) bond motifs is 1. The van der Waals surface area contributed by atoms with E-state index >= 15 is 0 Å². The molecule has 0 bridgehead atoms. The van der Waals surface area contributed by atoms with Crippen LogP contribution in [0.3, 0.4) is 0 Å². The summed E-state index contributed by atoms with van der Waals surface area (Å²) >= 11 is 0. The number of rotatable bonds is 2. The Bertz CT molecular complexity index is 379. The van der Waals surface area contributed by atoms with Crippen molar-refractivity contribution in [1.82, 2.24) is 0 Å². The van der Waals surface area contributed by atoms with E-state index in [-0.39, 0.29) is 23.0 Å². The third-order valence-electron chi connectivity index (χ3n) is 2.48. The quantitative estimate of drug-likeness (QED) is 0.635. The minimum Gasteiger partial charge on any atom is -0.399 e. The monoisotopic (exact) mass is 246 g/mol. The van der Waals surface area contributed by atoms with Crippen molar-refractivity contribution in [3.05, 3.63) is 23.8 Å². The van der Waals surface area contributed by atoms with Crippen molar-refractivity contribution in [3.8, 4) is 0 Å². The number of amides is 1. The first-order chi connectivity index (χ1) is 6.72. The van der Waals surface area contributed by atoms with E-state index in [2.05, 4.69) is 6.92 Å². The summed E-state index contributed by atoms with van der Waals surface area (Å²) < 4.78 is 0. The van der Waals surface area contributed by atoms with Crippen LogP contribution in [0.25, 0.3) is 0 Å². The summed E-state index contributed by atoms with van der Waals surface area (Å²) in [4.78, 5) is 13.5. The molecule has 0 unspecified atom stereocenters. The van der Waals surface area contributed by atoms with Crippen LogP contribution >= 0.6 is 0 Å². The van der Waals surface area contributed by atoms with Gasteiger partial charge in [0.15, 0.2) is 0 Å². The van der Waals surface area contributed by atoms with Crippen molar-refractivity contribution >= 4 is 17.3 Å². The molecule has 0 saturated carbocycles. The number of anilines is 2. The van der Waals surface area contributed by atoms with Crippen LogP contribution in [-0.4, -0.2) is 12.5 Å². The third-order valence-corrected chi connectivity index (χ3v) is 2.48. The first kappa shape index (κ1) is 12.1. The molecule has 0 spiro atoms. The number of nitrogens with two attached hydrogens (primary N) is 1. The maximum Gasteiger partial charge on any atom is 2.00 e. The van der Waals surface area contributed by atoms with Crippen molar-refractivity contribution in [1.29, 1.82) is 0 Å². The molecule has 1 aliphatic rings. The zero-order valence-corrected chi connectivity index (χ0v) is 9.74. The molecular weight excluding hydrogens is 232 g/mol. The predicted molar refractivity (Wildman–Crippen MR) is 57.2 cm³/mol. The second kappa shape index (κ2) is 4.69. The van der Waals surface area contributed by atoms with Gasteiger partial charge < -0.3 is 10.6 Å².